The summed E-state index contributed by atoms with van der Waals surface area (Å²) in [5, 5.41) is 2.76. The first kappa shape index (κ1) is 13.0. The summed E-state index contributed by atoms with van der Waals surface area (Å²) in [6.45, 7) is 4.44. The fourth-order valence-corrected chi connectivity index (χ4v) is 2.13. The molecular weight excluding hydrogens is 298 g/mol. The van der Waals surface area contributed by atoms with Crippen LogP contribution in [0.4, 0.5) is 0 Å². The van der Waals surface area contributed by atoms with Crippen LogP contribution in [0.2, 0.25) is 0 Å². The Kier molecular flexibility index (Phi) is 3.38. The Morgan fingerprint density at radius 2 is 2.22 bits per heavy atom. The van der Waals surface area contributed by atoms with Crippen molar-refractivity contribution in [2.75, 3.05) is 13.1 Å². The molecule has 1 aromatic heterocycles. The first-order chi connectivity index (χ1) is 8.43. The fourth-order valence-electron chi connectivity index (χ4n) is 1.90. The van der Waals surface area contributed by atoms with Crippen molar-refractivity contribution >= 4 is 27.7 Å². The van der Waals surface area contributed by atoms with Crippen LogP contribution < -0.4 is 5.32 Å². The van der Waals surface area contributed by atoms with Gasteiger partial charge in [0.05, 0.1) is 0 Å². The smallest absolute Gasteiger partial charge is 0.273 e. The van der Waals surface area contributed by atoms with Crippen molar-refractivity contribution < 1.29 is 9.59 Å². The Morgan fingerprint density at radius 1 is 1.50 bits per heavy atom. The van der Waals surface area contributed by atoms with Crippen molar-refractivity contribution in [2.45, 2.75) is 19.4 Å². The highest BCUT2D eigenvalue weighted by Crippen LogP contribution is 2.20. The van der Waals surface area contributed by atoms with Crippen molar-refractivity contribution in [2.24, 2.45) is 0 Å². The predicted octanol–water partition coefficient (Wildman–Crippen LogP) is 1.19. The monoisotopic (exact) mass is 311 g/mol. The van der Waals surface area contributed by atoms with Crippen molar-refractivity contribution in [3.63, 3.8) is 0 Å². The lowest BCUT2D eigenvalue weighted by molar-refractivity contribution is -0.133. The maximum atomic E-state index is 12.3. The summed E-state index contributed by atoms with van der Waals surface area (Å²) in [5.74, 6) is -0.360. The van der Waals surface area contributed by atoms with E-state index < -0.39 is 5.54 Å². The minimum absolute atomic E-state index is 0.140. The Balaban J connectivity index is 2.28. The van der Waals surface area contributed by atoms with Crippen LogP contribution in [0, 0.1) is 0 Å². The van der Waals surface area contributed by atoms with Crippen LogP contribution in [-0.4, -0.2) is 40.3 Å². The van der Waals surface area contributed by atoms with Gasteiger partial charge in [0.1, 0.15) is 11.2 Å². The Labute approximate surface area is 114 Å². The zero-order valence-electron chi connectivity index (χ0n) is 10.2. The average molecular weight is 312 g/mol. The SMILES string of the molecule is CC1(C)C(=O)NCCN1C(=O)c1ccc(Br)cn1. The molecule has 0 aromatic carbocycles. The van der Waals surface area contributed by atoms with Crippen LogP contribution in [0.1, 0.15) is 24.3 Å². The molecule has 0 atom stereocenters. The van der Waals surface area contributed by atoms with Crippen LogP contribution in [0.5, 0.6) is 0 Å². The molecule has 2 rings (SSSR count). The summed E-state index contributed by atoms with van der Waals surface area (Å²) in [6.07, 6.45) is 1.57. The molecule has 5 nitrogen and oxygen atoms in total. The molecule has 0 radical (unpaired) electrons. The molecule has 0 aliphatic carbocycles. The molecule has 0 unspecified atom stereocenters. The highest BCUT2D eigenvalue weighted by atomic mass is 79.9. The number of aromatic nitrogens is 1. The van der Waals surface area contributed by atoms with Gasteiger partial charge in [-0.05, 0) is 41.9 Å². The second kappa shape index (κ2) is 4.68. The third-order valence-corrected chi connectivity index (χ3v) is 3.51. The molecule has 0 spiro atoms. The Morgan fingerprint density at radius 3 is 2.83 bits per heavy atom. The van der Waals surface area contributed by atoms with E-state index in [4.69, 9.17) is 0 Å². The summed E-state index contributed by atoms with van der Waals surface area (Å²) < 4.78 is 0.815. The van der Waals surface area contributed by atoms with E-state index in [1.165, 1.54) is 0 Å². The number of carbonyl (C=O) groups is 2. The Hall–Kier alpha value is -1.43. The minimum Gasteiger partial charge on any atom is -0.352 e. The van der Waals surface area contributed by atoms with Gasteiger partial charge in [-0.15, -0.1) is 0 Å². The predicted molar refractivity (Wildman–Crippen MR) is 70.1 cm³/mol. The molecule has 6 heteroatoms. The molecule has 0 saturated carbocycles. The van der Waals surface area contributed by atoms with Crippen LogP contribution in [0.25, 0.3) is 0 Å². The maximum absolute atomic E-state index is 12.3. The van der Waals surface area contributed by atoms with Crippen LogP contribution >= 0.6 is 15.9 Å². The molecule has 1 saturated heterocycles. The summed E-state index contributed by atoms with van der Waals surface area (Å²) in [4.78, 5) is 29.8. The van der Waals surface area contributed by atoms with E-state index in [1.54, 1.807) is 37.1 Å². The van der Waals surface area contributed by atoms with Gasteiger partial charge in [-0.1, -0.05) is 0 Å². The summed E-state index contributed by atoms with van der Waals surface area (Å²) in [7, 11) is 0. The molecule has 1 fully saturated rings. The van der Waals surface area contributed by atoms with Gasteiger partial charge in [-0.3, -0.25) is 9.59 Å². The van der Waals surface area contributed by atoms with Gasteiger partial charge in [0.15, 0.2) is 0 Å². The van der Waals surface area contributed by atoms with E-state index in [1.807, 2.05) is 0 Å². The molecule has 96 valence electrons. The van der Waals surface area contributed by atoms with Gasteiger partial charge >= 0.3 is 0 Å². The number of nitrogens with one attached hydrogen (secondary N) is 1. The number of piperazine rings is 1. The normalized spacial score (nSPS) is 18.4. The van der Waals surface area contributed by atoms with E-state index in [-0.39, 0.29) is 11.8 Å². The summed E-state index contributed by atoms with van der Waals surface area (Å²) >= 11 is 3.27. The standard InChI is InChI=1S/C12H14BrN3O2/c1-12(2)11(18)14-5-6-16(12)10(17)9-4-3-8(13)7-15-9/h3-4,7H,5-6H2,1-2H3,(H,14,18). The molecule has 2 heterocycles. The number of hydrogen-bond donors (Lipinski definition) is 1. The number of carbonyl (C=O) groups excluding carboxylic acids is 2. The van der Waals surface area contributed by atoms with Crippen molar-refractivity contribution in [3.8, 4) is 0 Å². The number of halogens is 1. The van der Waals surface area contributed by atoms with Gasteiger partial charge in [0.25, 0.3) is 5.91 Å². The van der Waals surface area contributed by atoms with Crippen LogP contribution in [0.3, 0.4) is 0 Å². The third kappa shape index (κ3) is 2.25. The minimum atomic E-state index is -0.843. The van der Waals surface area contributed by atoms with E-state index in [2.05, 4.69) is 26.2 Å². The van der Waals surface area contributed by atoms with Gasteiger partial charge in [0, 0.05) is 23.8 Å². The summed E-state index contributed by atoms with van der Waals surface area (Å²) in [6, 6.07) is 3.41. The molecule has 1 aromatic rings. The number of hydrogen-bond acceptors (Lipinski definition) is 3. The number of nitrogens with zero attached hydrogens (tertiary/aromatic N) is 2. The van der Waals surface area contributed by atoms with E-state index in [0.29, 0.717) is 18.8 Å². The third-order valence-electron chi connectivity index (χ3n) is 3.04. The second-order valence-electron chi connectivity index (χ2n) is 4.63. The number of pyridine rings is 1. The van der Waals surface area contributed by atoms with Gasteiger partial charge in [-0.25, -0.2) is 4.98 Å². The molecule has 0 bridgehead atoms. The highest BCUT2D eigenvalue weighted by Gasteiger charge is 2.40. The first-order valence-corrected chi connectivity index (χ1v) is 6.44. The van der Waals surface area contributed by atoms with Crippen molar-refractivity contribution in [1.82, 2.24) is 15.2 Å². The van der Waals surface area contributed by atoms with Crippen molar-refractivity contribution in [3.05, 3.63) is 28.5 Å². The molecule has 2 amide bonds. The second-order valence-corrected chi connectivity index (χ2v) is 5.55. The molecule has 1 aliphatic rings. The lowest BCUT2D eigenvalue weighted by Crippen LogP contribution is -2.63. The lowest BCUT2D eigenvalue weighted by atomic mass is 9.98. The van der Waals surface area contributed by atoms with Gasteiger partial charge < -0.3 is 10.2 Å². The van der Waals surface area contributed by atoms with Gasteiger partial charge in [0.2, 0.25) is 5.91 Å². The van der Waals surface area contributed by atoms with Crippen molar-refractivity contribution in [1.29, 1.82) is 0 Å². The summed E-state index contributed by atoms with van der Waals surface area (Å²) in [5.41, 5.74) is -0.495. The fraction of sp³-hybridized carbons (Fsp3) is 0.417. The van der Waals surface area contributed by atoms with Crippen LogP contribution in [0.15, 0.2) is 22.8 Å². The highest BCUT2D eigenvalue weighted by molar-refractivity contribution is 9.10. The largest absolute Gasteiger partial charge is 0.352 e. The number of amides is 2. The van der Waals surface area contributed by atoms with E-state index >= 15 is 0 Å². The first-order valence-electron chi connectivity index (χ1n) is 5.65. The number of rotatable bonds is 1. The maximum Gasteiger partial charge on any atom is 0.273 e. The topological polar surface area (TPSA) is 62.3 Å². The van der Waals surface area contributed by atoms with Gasteiger partial charge in [-0.2, -0.15) is 0 Å². The molecule has 1 aliphatic heterocycles. The van der Waals surface area contributed by atoms with E-state index in [9.17, 15) is 9.59 Å². The molecule has 1 N–H and O–H groups in total. The zero-order valence-corrected chi connectivity index (χ0v) is 11.8. The zero-order chi connectivity index (χ0) is 13.3. The molecular formula is C12H14BrN3O2. The average Bonchev–Trinajstić information content (AvgIpc) is 2.33. The quantitative estimate of drug-likeness (QED) is 0.847. The molecule has 18 heavy (non-hydrogen) atoms. The lowest BCUT2D eigenvalue weighted by Gasteiger charge is -2.40. The van der Waals surface area contributed by atoms with E-state index in [0.717, 1.165) is 4.47 Å². The van der Waals surface area contributed by atoms with Crippen LogP contribution in [-0.2, 0) is 4.79 Å². The Bertz CT molecular complexity index is 485.